The highest BCUT2D eigenvalue weighted by Crippen LogP contribution is 2.39. The molecule has 0 amide bonds. The fourth-order valence-corrected chi connectivity index (χ4v) is 3.21. The van der Waals surface area contributed by atoms with Gasteiger partial charge in [-0.2, -0.15) is 5.10 Å². The van der Waals surface area contributed by atoms with Crippen LogP contribution < -0.4 is 0 Å². The number of hydrogen-bond acceptors (Lipinski definition) is 2. The van der Waals surface area contributed by atoms with Crippen molar-refractivity contribution in [2.75, 3.05) is 0 Å². The van der Waals surface area contributed by atoms with Crippen LogP contribution in [0.2, 0.25) is 10.0 Å². The van der Waals surface area contributed by atoms with Gasteiger partial charge in [-0.15, -0.1) is 0 Å². The molecule has 3 nitrogen and oxygen atoms in total. The minimum Gasteiger partial charge on any atom is -0.233 e. The Bertz CT molecular complexity index is 814. The summed E-state index contributed by atoms with van der Waals surface area (Å²) in [6, 6.07) is 5.84. The van der Waals surface area contributed by atoms with Crippen LogP contribution in [0.4, 0.5) is 0 Å². The van der Waals surface area contributed by atoms with Gasteiger partial charge in [0.1, 0.15) is 0 Å². The molecule has 0 saturated heterocycles. The number of rotatable bonds is 2. The van der Waals surface area contributed by atoms with Crippen molar-refractivity contribution >= 4 is 28.8 Å². The van der Waals surface area contributed by atoms with Gasteiger partial charge in [0.2, 0.25) is 0 Å². The van der Waals surface area contributed by atoms with E-state index in [0.29, 0.717) is 10.0 Å². The molecule has 0 N–H and O–H groups in total. The van der Waals surface area contributed by atoms with E-state index in [4.69, 9.17) is 23.2 Å². The Morgan fingerprint density at radius 1 is 1.10 bits per heavy atom. The fraction of sp³-hybridized carbons (Fsp3) is 0.250. The molecular formula is C16H15Cl2N3. The van der Waals surface area contributed by atoms with Gasteiger partial charge in [0.25, 0.3) is 0 Å². The minimum atomic E-state index is 0.639. The van der Waals surface area contributed by atoms with E-state index in [1.807, 2.05) is 38.2 Å². The molecule has 2 aromatic heterocycles. The molecule has 0 bridgehead atoms. The molecule has 0 saturated carbocycles. The van der Waals surface area contributed by atoms with E-state index < -0.39 is 0 Å². The first-order valence-electron chi connectivity index (χ1n) is 6.82. The van der Waals surface area contributed by atoms with Crippen molar-refractivity contribution < 1.29 is 0 Å². The number of aromatic nitrogens is 3. The topological polar surface area (TPSA) is 30.2 Å². The monoisotopic (exact) mass is 319 g/mol. The summed E-state index contributed by atoms with van der Waals surface area (Å²) < 4.78 is 1.76. The van der Waals surface area contributed by atoms with Crippen molar-refractivity contribution in [3.63, 3.8) is 0 Å². The molecule has 3 aromatic rings. The van der Waals surface area contributed by atoms with Gasteiger partial charge in [-0.25, -0.2) is 9.50 Å². The molecule has 0 atom stereocenters. The number of aryl methyl sites for hydroxylation is 3. The Kier molecular flexibility index (Phi) is 3.64. The predicted molar refractivity (Wildman–Crippen MR) is 87.3 cm³/mol. The van der Waals surface area contributed by atoms with Crippen LogP contribution in [0.5, 0.6) is 0 Å². The van der Waals surface area contributed by atoms with E-state index in [0.717, 1.165) is 40.1 Å². The Morgan fingerprint density at radius 3 is 2.38 bits per heavy atom. The molecule has 1 aromatic carbocycles. The average molecular weight is 320 g/mol. The summed E-state index contributed by atoms with van der Waals surface area (Å²) >= 11 is 12.9. The van der Waals surface area contributed by atoms with Gasteiger partial charge in [-0.3, -0.25) is 0 Å². The Hall–Kier alpha value is -1.58. The number of benzene rings is 1. The van der Waals surface area contributed by atoms with E-state index in [9.17, 15) is 0 Å². The average Bonchev–Trinajstić information content (AvgIpc) is 2.74. The van der Waals surface area contributed by atoms with E-state index in [1.54, 1.807) is 4.52 Å². The second-order valence-electron chi connectivity index (χ2n) is 5.09. The van der Waals surface area contributed by atoms with Crippen molar-refractivity contribution in [3.8, 4) is 11.1 Å². The van der Waals surface area contributed by atoms with Crippen LogP contribution >= 0.6 is 23.2 Å². The lowest BCUT2D eigenvalue weighted by atomic mass is 10.0. The maximum atomic E-state index is 6.47. The summed E-state index contributed by atoms with van der Waals surface area (Å²) in [5.41, 5.74) is 5.40. The van der Waals surface area contributed by atoms with Gasteiger partial charge in [-0.05, 0) is 44.0 Å². The van der Waals surface area contributed by atoms with Gasteiger partial charge < -0.3 is 0 Å². The van der Waals surface area contributed by atoms with Gasteiger partial charge >= 0.3 is 0 Å². The number of fused-ring (bicyclic) bond motifs is 1. The van der Waals surface area contributed by atoms with Crippen LogP contribution in [-0.4, -0.2) is 14.6 Å². The SMILES string of the molecule is CCc1cc(Cl)c(-c2c(C)nn3ccc(C)nc23)c(Cl)c1. The summed E-state index contributed by atoms with van der Waals surface area (Å²) in [5, 5.41) is 5.77. The van der Waals surface area contributed by atoms with E-state index in [-0.39, 0.29) is 0 Å². The van der Waals surface area contributed by atoms with Gasteiger partial charge in [-0.1, -0.05) is 30.1 Å². The van der Waals surface area contributed by atoms with Crippen molar-refractivity contribution in [2.45, 2.75) is 27.2 Å². The summed E-state index contributed by atoms with van der Waals surface area (Å²) in [6.45, 7) is 5.97. The second-order valence-corrected chi connectivity index (χ2v) is 5.90. The first-order chi connectivity index (χ1) is 10.0. The van der Waals surface area contributed by atoms with Crippen molar-refractivity contribution in [2.24, 2.45) is 0 Å². The van der Waals surface area contributed by atoms with Gasteiger partial charge in [0.05, 0.1) is 21.3 Å². The zero-order valence-corrected chi connectivity index (χ0v) is 13.6. The molecule has 21 heavy (non-hydrogen) atoms. The van der Waals surface area contributed by atoms with Crippen LogP contribution in [0.25, 0.3) is 16.8 Å². The van der Waals surface area contributed by atoms with E-state index in [2.05, 4.69) is 17.0 Å². The predicted octanol–water partition coefficient (Wildman–Crippen LogP) is 4.88. The highest BCUT2D eigenvalue weighted by molar-refractivity contribution is 6.39. The van der Waals surface area contributed by atoms with Crippen molar-refractivity contribution in [3.05, 3.63) is 51.4 Å². The zero-order valence-electron chi connectivity index (χ0n) is 12.1. The maximum Gasteiger partial charge on any atom is 0.163 e. The van der Waals surface area contributed by atoms with Crippen LogP contribution in [0.3, 0.4) is 0 Å². The molecule has 0 fully saturated rings. The van der Waals surface area contributed by atoms with Gasteiger partial charge in [0.15, 0.2) is 5.65 Å². The molecule has 0 aliphatic carbocycles. The second kappa shape index (κ2) is 5.32. The third-order valence-electron chi connectivity index (χ3n) is 3.56. The largest absolute Gasteiger partial charge is 0.233 e. The molecule has 0 unspecified atom stereocenters. The normalized spacial score (nSPS) is 11.3. The minimum absolute atomic E-state index is 0.639. The lowest BCUT2D eigenvalue weighted by molar-refractivity contribution is 0.909. The van der Waals surface area contributed by atoms with Crippen LogP contribution in [0, 0.1) is 13.8 Å². The number of nitrogens with zero attached hydrogens (tertiary/aromatic N) is 3. The molecule has 0 aliphatic heterocycles. The third-order valence-corrected chi connectivity index (χ3v) is 4.16. The van der Waals surface area contributed by atoms with Crippen molar-refractivity contribution in [1.29, 1.82) is 0 Å². The number of hydrogen-bond donors (Lipinski definition) is 0. The van der Waals surface area contributed by atoms with Crippen LogP contribution in [0.1, 0.15) is 23.9 Å². The Labute approximate surface area is 133 Å². The first-order valence-corrected chi connectivity index (χ1v) is 7.57. The summed E-state index contributed by atoms with van der Waals surface area (Å²) in [5.74, 6) is 0. The highest BCUT2D eigenvalue weighted by Gasteiger charge is 2.19. The molecule has 2 heterocycles. The summed E-state index contributed by atoms with van der Waals surface area (Å²) in [4.78, 5) is 4.58. The lowest BCUT2D eigenvalue weighted by Gasteiger charge is -2.09. The molecule has 0 spiro atoms. The molecule has 5 heteroatoms. The van der Waals surface area contributed by atoms with Gasteiger partial charge in [0, 0.05) is 17.5 Å². The smallest absolute Gasteiger partial charge is 0.163 e. The summed E-state index contributed by atoms with van der Waals surface area (Å²) in [7, 11) is 0. The third kappa shape index (κ3) is 2.41. The fourth-order valence-electron chi connectivity index (χ4n) is 2.49. The highest BCUT2D eigenvalue weighted by atomic mass is 35.5. The Morgan fingerprint density at radius 2 is 1.76 bits per heavy atom. The quantitative estimate of drug-likeness (QED) is 0.673. The summed E-state index contributed by atoms with van der Waals surface area (Å²) in [6.07, 6.45) is 2.79. The molecule has 0 aliphatic rings. The van der Waals surface area contributed by atoms with Crippen LogP contribution in [0.15, 0.2) is 24.4 Å². The van der Waals surface area contributed by atoms with E-state index >= 15 is 0 Å². The first kappa shape index (κ1) is 14.4. The molecule has 3 rings (SSSR count). The zero-order chi connectivity index (χ0) is 15.1. The van der Waals surface area contributed by atoms with Crippen LogP contribution in [-0.2, 0) is 6.42 Å². The standard InChI is InChI=1S/C16H15Cl2N3/c1-4-11-7-12(17)15(13(18)8-11)14-10(3)20-21-6-5-9(2)19-16(14)21/h5-8H,4H2,1-3H3. The van der Waals surface area contributed by atoms with Crippen molar-refractivity contribution in [1.82, 2.24) is 14.6 Å². The molecule has 108 valence electrons. The maximum absolute atomic E-state index is 6.47. The number of halogens is 2. The molecular weight excluding hydrogens is 305 g/mol. The lowest BCUT2D eigenvalue weighted by Crippen LogP contribution is -1.92. The van der Waals surface area contributed by atoms with E-state index in [1.165, 1.54) is 0 Å². The Balaban J connectivity index is 2.35. The molecule has 0 radical (unpaired) electrons.